The van der Waals surface area contributed by atoms with Crippen LogP contribution in [0.25, 0.3) is 11.1 Å². The van der Waals surface area contributed by atoms with Crippen LogP contribution in [0, 0.1) is 6.92 Å². The zero-order valence-corrected chi connectivity index (χ0v) is 26.3. The van der Waals surface area contributed by atoms with Gasteiger partial charge in [-0.3, -0.25) is 0 Å². The number of allylic oxidation sites excluding steroid dienone is 1. The van der Waals surface area contributed by atoms with Crippen LogP contribution >= 0.6 is 0 Å². The lowest BCUT2D eigenvalue weighted by Gasteiger charge is -2.07. The minimum Gasteiger partial charge on any atom is -0.537 e. The highest BCUT2D eigenvalue weighted by atomic mass is 16.5. The van der Waals surface area contributed by atoms with E-state index < -0.39 is 7.12 Å². The second kappa shape index (κ2) is 16.9. The van der Waals surface area contributed by atoms with E-state index in [-0.39, 0.29) is 0 Å². The molecule has 5 aromatic rings. The van der Waals surface area contributed by atoms with Crippen molar-refractivity contribution in [2.75, 3.05) is 6.61 Å². The third kappa shape index (κ3) is 10.6. The molecule has 0 saturated carbocycles. The number of aromatic amines is 1. The standard InChI is InChI=1S/C18H23BN2O3.C17H16BN2O2/c1-14(2)16(4)23-8-7-20-5-6-21(13-20)12-17-9-15(3)10-18(11-17)24-19-22;21-18(22)17-3-1-2-14(12-17)13-20-10-6-16(7-11-20)15-4-8-19-9-5-15/h5-6,9-11,13,22H,1,4,7-8,12H2,2-3H3;1-12,21-22H,13H2/q2*+1/p+1. The van der Waals surface area contributed by atoms with E-state index in [1.807, 2.05) is 93.8 Å². The molecule has 0 aliphatic rings. The lowest BCUT2D eigenvalue weighted by molar-refractivity contribution is -0.688. The maximum atomic E-state index is 9.22. The summed E-state index contributed by atoms with van der Waals surface area (Å²) in [6.07, 6.45) is 13.9. The Bertz CT molecular complexity index is 1730. The first-order valence-electron chi connectivity index (χ1n) is 14.9. The average Bonchev–Trinajstić information content (AvgIpc) is 3.49. The Morgan fingerprint density at radius 3 is 2.33 bits per heavy atom. The Hall–Kier alpha value is -4.96. The highest BCUT2D eigenvalue weighted by Crippen LogP contribution is 2.17. The summed E-state index contributed by atoms with van der Waals surface area (Å²) >= 11 is 0. The van der Waals surface area contributed by atoms with Gasteiger partial charge in [0.1, 0.15) is 43.6 Å². The van der Waals surface area contributed by atoms with Crippen molar-refractivity contribution in [1.82, 2.24) is 4.57 Å². The summed E-state index contributed by atoms with van der Waals surface area (Å²) in [7, 11) is -0.733. The monoisotopic (exact) mass is 618 g/mol. The normalized spacial score (nSPS) is 10.4. The van der Waals surface area contributed by atoms with Gasteiger partial charge in [0.2, 0.25) is 6.33 Å². The molecule has 0 unspecified atom stereocenters. The fraction of sp³-hybridized carbons (Fsp3) is 0.171. The van der Waals surface area contributed by atoms with Gasteiger partial charge in [0.15, 0.2) is 31.3 Å². The van der Waals surface area contributed by atoms with Crippen LogP contribution < -0.4 is 24.2 Å². The number of benzene rings is 2. The molecular weight excluding hydrogens is 578 g/mol. The summed E-state index contributed by atoms with van der Waals surface area (Å²) in [5.41, 5.74) is 6.88. The number of aryl methyl sites for hydroxylation is 1. The molecule has 0 spiro atoms. The zero-order valence-electron chi connectivity index (χ0n) is 26.3. The summed E-state index contributed by atoms with van der Waals surface area (Å²) in [5.74, 6) is 1.25. The van der Waals surface area contributed by atoms with E-state index in [1.54, 1.807) is 12.1 Å². The number of aromatic nitrogens is 4. The Balaban J connectivity index is 0.000000209. The maximum Gasteiger partial charge on any atom is 0.569 e. The quantitative estimate of drug-likeness (QED) is 0.0814. The van der Waals surface area contributed by atoms with Crippen LogP contribution in [-0.4, -0.2) is 41.0 Å². The number of pyridine rings is 2. The molecule has 233 valence electrons. The van der Waals surface area contributed by atoms with Crippen molar-refractivity contribution in [3.63, 3.8) is 0 Å². The van der Waals surface area contributed by atoms with Crippen LogP contribution in [0.2, 0.25) is 0 Å². The fourth-order valence-electron chi connectivity index (χ4n) is 4.71. The lowest BCUT2D eigenvalue weighted by atomic mass is 9.79. The highest BCUT2D eigenvalue weighted by molar-refractivity contribution is 6.58. The Kier molecular flexibility index (Phi) is 12.5. The Morgan fingerprint density at radius 1 is 0.913 bits per heavy atom. The SMILES string of the molecule is C=C(C)C(=C)OCCn1cc[n+](Cc2cc(C)cc(O[B]O)c2)c1.OB(O)c1cccc(C[n+]2ccc(-c3cc[nH+]cc3)cc2)c1. The van der Waals surface area contributed by atoms with E-state index in [0.717, 1.165) is 46.5 Å². The fourth-order valence-corrected chi connectivity index (χ4v) is 4.71. The van der Waals surface area contributed by atoms with Crippen molar-refractivity contribution in [2.24, 2.45) is 0 Å². The van der Waals surface area contributed by atoms with Gasteiger partial charge < -0.3 is 24.5 Å². The van der Waals surface area contributed by atoms with Gasteiger partial charge in [-0.05, 0) is 59.3 Å². The van der Waals surface area contributed by atoms with E-state index in [1.165, 1.54) is 0 Å². The van der Waals surface area contributed by atoms with Crippen LogP contribution in [0.4, 0.5) is 0 Å². The molecule has 0 aliphatic heterocycles. The molecule has 1 radical (unpaired) electrons. The first kappa shape index (κ1) is 33.9. The third-order valence-electron chi connectivity index (χ3n) is 7.07. The zero-order chi connectivity index (χ0) is 32.9. The van der Waals surface area contributed by atoms with Crippen molar-refractivity contribution in [3.8, 4) is 16.9 Å². The third-order valence-corrected chi connectivity index (χ3v) is 7.07. The van der Waals surface area contributed by atoms with Gasteiger partial charge in [-0.25, -0.2) is 18.7 Å². The van der Waals surface area contributed by atoms with E-state index in [0.29, 0.717) is 37.8 Å². The second-order valence-corrected chi connectivity index (χ2v) is 10.9. The van der Waals surface area contributed by atoms with E-state index in [9.17, 15) is 10.0 Å². The molecular formula is C35H40B2N4O5+3. The van der Waals surface area contributed by atoms with Crippen molar-refractivity contribution >= 4 is 20.3 Å². The highest BCUT2D eigenvalue weighted by Gasteiger charge is 2.13. The number of imidazole rings is 1. The summed E-state index contributed by atoms with van der Waals surface area (Å²) in [6, 6.07) is 21.4. The maximum absolute atomic E-state index is 9.22. The van der Waals surface area contributed by atoms with E-state index in [2.05, 4.69) is 50.0 Å². The van der Waals surface area contributed by atoms with Crippen molar-refractivity contribution in [2.45, 2.75) is 33.5 Å². The number of nitrogens with zero attached hydrogens (tertiary/aromatic N) is 3. The topological polar surface area (TPSA) is 106 Å². The van der Waals surface area contributed by atoms with Gasteiger partial charge in [0, 0.05) is 29.8 Å². The van der Waals surface area contributed by atoms with E-state index >= 15 is 0 Å². The molecule has 9 nitrogen and oxygen atoms in total. The van der Waals surface area contributed by atoms with Crippen LogP contribution in [0.1, 0.15) is 23.6 Å². The molecule has 0 bridgehead atoms. The van der Waals surface area contributed by atoms with Crippen LogP contribution in [0.15, 0.2) is 135 Å². The second-order valence-electron chi connectivity index (χ2n) is 10.9. The predicted octanol–water partition coefficient (Wildman–Crippen LogP) is 2.33. The van der Waals surface area contributed by atoms with Crippen LogP contribution in [-0.2, 0) is 24.4 Å². The average molecular weight is 618 g/mol. The molecule has 4 N–H and O–H groups in total. The summed E-state index contributed by atoms with van der Waals surface area (Å²) in [5, 5.41) is 27.2. The van der Waals surface area contributed by atoms with Crippen molar-refractivity contribution < 1.29 is 38.6 Å². The summed E-state index contributed by atoms with van der Waals surface area (Å²) < 4.78 is 16.8. The molecule has 0 saturated heterocycles. The van der Waals surface area contributed by atoms with E-state index in [4.69, 9.17) is 14.4 Å². The smallest absolute Gasteiger partial charge is 0.537 e. The van der Waals surface area contributed by atoms with Gasteiger partial charge in [-0.2, -0.15) is 0 Å². The van der Waals surface area contributed by atoms with Gasteiger partial charge >= 0.3 is 14.8 Å². The first-order valence-corrected chi connectivity index (χ1v) is 14.9. The molecule has 0 atom stereocenters. The Labute approximate surface area is 271 Å². The number of ether oxygens (including phenoxy) is 1. The minimum atomic E-state index is -1.43. The van der Waals surface area contributed by atoms with Gasteiger partial charge in [0.05, 0.1) is 0 Å². The number of nitrogens with one attached hydrogen (secondary N) is 1. The van der Waals surface area contributed by atoms with Crippen molar-refractivity contribution in [1.29, 1.82) is 0 Å². The number of rotatable bonds is 13. The van der Waals surface area contributed by atoms with Gasteiger partial charge in [-0.15, -0.1) is 0 Å². The number of hydrogen-bond acceptors (Lipinski definition) is 5. The summed E-state index contributed by atoms with van der Waals surface area (Å²) in [4.78, 5) is 3.01. The van der Waals surface area contributed by atoms with Crippen LogP contribution in [0.5, 0.6) is 5.75 Å². The molecule has 3 aromatic heterocycles. The molecule has 0 amide bonds. The predicted molar refractivity (Wildman–Crippen MR) is 177 cm³/mol. The molecule has 2 aromatic carbocycles. The van der Waals surface area contributed by atoms with Gasteiger partial charge in [-0.1, -0.05) is 43.5 Å². The molecule has 46 heavy (non-hydrogen) atoms. The van der Waals surface area contributed by atoms with Gasteiger partial charge in [0.25, 0.3) is 0 Å². The molecule has 11 heteroatoms. The molecule has 3 heterocycles. The van der Waals surface area contributed by atoms with Crippen molar-refractivity contribution in [3.05, 3.63) is 151 Å². The number of hydrogen-bond donors (Lipinski definition) is 3. The Morgan fingerprint density at radius 2 is 1.63 bits per heavy atom. The largest absolute Gasteiger partial charge is 0.569 e. The molecule has 5 rings (SSSR count). The summed E-state index contributed by atoms with van der Waals surface area (Å²) in [6.45, 7) is 14.2. The van der Waals surface area contributed by atoms with Crippen LogP contribution in [0.3, 0.4) is 0 Å². The molecule has 0 aliphatic carbocycles. The number of H-pyrrole nitrogens is 1. The lowest BCUT2D eigenvalue weighted by Crippen LogP contribution is -2.35. The first-order chi connectivity index (χ1) is 22.2. The molecule has 0 fully saturated rings. The minimum absolute atomic E-state index is 0.509.